The van der Waals surface area contributed by atoms with Crippen LogP contribution >= 0.6 is 0 Å². The standard InChI is InChI=1S/C14H18FNO2/c1-14(2)12(17)7-4-8-16(14)13(18)10-5-3-6-11(15)9-10/h3,5-6,9,12,17H,4,7-8H2,1-2H3. The number of piperidine rings is 1. The van der Waals surface area contributed by atoms with E-state index in [1.807, 2.05) is 13.8 Å². The molecular formula is C14H18FNO2. The summed E-state index contributed by atoms with van der Waals surface area (Å²) in [6, 6.07) is 5.67. The predicted octanol–water partition coefficient (Wildman–Crippen LogP) is 2.20. The number of carbonyl (C=O) groups excluding carboxylic acids is 1. The summed E-state index contributed by atoms with van der Waals surface area (Å²) in [7, 11) is 0. The summed E-state index contributed by atoms with van der Waals surface area (Å²) in [5.41, 5.74) is -0.279. The van der Waals surface area contributed by atoms with Crippen LogP contribution < -0.4 is 0 Å². The third-order valence-electron chi connectivity index (χ3n) is 3.69. The Labute approximate surface area is 106 Å². The Morgan fingerprint density at radius 2 is 2.22 bits per heavy atom. The third-order valence-corrected chi connectivity index (χ3v) is 3.69. The molecule has 0 radical (unpaired) electrons. The van der Waals surface area contributed by atoms with Crippen molar-refractivity contribution < 1.29 is 14.3 Å². The van der Waals surface area contributed by atoms with Gasteiger partial charge in [-0.3, -0.25) is 4.79 Å². The van der Waals surface area contributed by atoms with Crippen LogP contribution in [0.4, 0.5) is 4.39 Å². The van der Waals surface area contributed by atoms with Crippen molar-refractivity contribution in [3.8, 4) is 0 Å². The first-order chi connectivity index (χ1) is 8.43. The van der Waals surface area contributed by atoms with E-state index in [1.54, 1.807) is 11.0 Å². The number of hydrogen-bond acceptors (Lipinski definition) is 2. The number of aliphatic hydroxyl groups is 1. The molecule has 0 bridgehead atoms. The fourth-order valence-electron chi connectivity index (χ4n) is 2.40. The zero-order valence-corrected chi connectivity index (χ0v) is 10.7. The predicted molar refractivity (Wildman–Crippen MR) is 66.8 cm³/mol. The molecule has 98 valence electrons. The summed E-state index contributed by atoms with van der Waals surface area (Å²) in [6.07, 6.45) is 0.926. The van der Waals surface area contributed by atoms with Crippen molar-refractivity contribution >= 4 is 5.91 Å². The van der Waals surface area contributed by atoms with Gasteiger partial charge >= 0.3 is 0 Å². The Bertz CT molecular complexity index is 459. The van der Waals surface area contributed by atoms with E-state index in [2.05, 4.69) is 0 Å². The average Bonchev–Trinajstić information content (AvgIpc) is 2.32. The number of aliphatic hydroxyl groups excluding tert-OH is 1. The number of halogens is 1. The molecule has 1 N–H and O–H groups in total. The van der Waals surface area contributed by atoms with E-state index in [0.29, 0.717) is 18.5 Å². The minimum Gasteiger partial charge on any atom is -0.391 e. The Morgan fingerprint density at radius 3 is 2.89 bits per heavy atom. The molecule has 0 aliphatic carbocycles. The van der Waals surface area contributed by atoms with E-state index in [-0.39, 0.29) is 5.91 Å². The molecule has 0 spiro atoms. The monoisotopic (exact) mass is 251 g/mol. The van der Waals surface area contributed by atoms with Crippen LogP contribution in [0.2, 0.25) is 0 Å². The van der Waals surface area contributed by atoms with Gasteiger partial charge in [0, 0.05) is 12.1 Å². The van der Waals surface area contributed by atoms with Gasteiger partial charge in [-0.15, -0.1) is 0 Å². The van der Waals surface area contributed by atoms with Crippen LogP contribution in [0.25, 0.3) is 0 Å². The topological polar surface area (TPSA) is 40.5 Å². The Balaban J connectivity index is 2.28. The molecule has 1 aliphatic heterocycles. The summed E-state index contributed by atoms with van der Waals surface area (Å²) in [6.45, 7) is 4.28. The molecule has 3 nitrogen and oxygen atoms in total. The number of benzene rings is 1. The van der Waals surface area contributed by atoms with E-state index < -0.39 is 17.5 Å². The number of amides is 1. The molecule has 1 unspecified atom stereocenters. The van der Waals surface area contributed by atoms with Gasteiger partial charge in [0.15, 0.2) is 0 Å². The highest BCUT2D eigenvalue weighted by molar-refractivity contribution is 5.94. The van der Waals surface area contributed by atoms with Crippen LogP contribution in [0.5, 0.6) is 0 Å². The largest absolute Gasteiger partial charge is 0.391 e. The molecule has 1 saturated heterocycles. The zero-order chi connectivity index (χ0) is 13.3. The van der Waals surface area contributed by atoms with Crippen molar-refractivity contribution in [2.45, 2.75) is 38.3 Å². The third kappa shape index (κ3) is 2.25. The minimum atomic E-state index is -0.609. The van der Waals surface area contributed by atoms with Crippen molar-refractivity contribution in [1.82, 2.24) is 4.90 Å². The average molecular weight is 251 g/mol. The second-order valence-corrected chi connectivity index (χ2v) is 5.28. The molecule has 1 aromatic carbocycles. The number of hydrogen-bond donors (Lipinski definition) is 1. The van der Waals surface area contributed by atoms with E-state index in [4.69, 9.17) is 0 Å². The molecule has 1 atom stereocenters. The molecule has 18 heavy (non-hydrogen) atoms. The van der Waals surface area contributed by atoms with Gasteiger partial charge < -0.3 is 10.0 Å². The summed E-state index contributed by atoms with van der Waals surface area (Å²) < 4.78 is 13.1. The molecule has 1 fully saturated rings. The Morgan fingerprint density at radius 1 is 1.50 bits per heavy atom. The lowest BCUT2D eigenvalue weighted by atomic mass is 9.86. The molecule has 4 heteroatoms. The van der Waals surface area contributed by atoms with Crippen molar-refractivity contribution in [2.75, 3.05) is 6.54 Å². The Kier molecular flexibility index (Phi) is 3.39. The molecule has 2 rings (SSSR count). The zero-order valence-electron chi connectivity index (χ0n) is 10.7. The first-order valence-corrected chi connectivity index (χ1v) is 6.18. The summed E-state index contributed by atoms with van der Waals surface area (Å²) >= 11 is 0. The minimum absolute atomic E-state index is 0.224. The normalized spacial score (nSPS) is 22.9. The van der Waals surface area contributed by atoms with Gasteiger partial charge in [0.1, 0.15) is 5.82 Å². The van der Waals surface area contributed by atoms with Crippen LogP contribution in [-0.4, -0.2) is 34.1 Å². The van der Waals surface area contributed by atoms with Crippen LogP contribution in [-0.2, 0) is 0 Å². The first-order valence-electron chi connectivity index (χ1n) is 6.18. The van der Waals surface area contributed by atoms with Gasteiger partial charge in [-0.2, -0.15) is 0 Å². The highest BCUT2D eigenvalue weighted by Gasteiger charge is 2.40. The number of carbonyl (C=O) groups is 1. The lowest BCUT2D eigenvalue weighted by molar-refractivity contribution is -0.0307. The maximum absolute atomic E-state index is 13.1. The molecule has 1 aliphatic rings. The highest BCUT2D eigenvalue weighted by Crippen LogP contribution is 2.29. The van der Waals surface area contributed by atoms with E-state index in [1.165, 1.54) is 18.2 Å². The van der Waals surface area contributed by atoms with Gasteiger partial charge in [0.05, 0.1) is 11.6 Å². The van der Waals surface area contributed by atoms with Gasteiger partial charge in [-0.05, 0) is 44.9 Å². The lowest BCUT2D eigenvalue weighted by Gasteiger charge is -2.45. The lowest BCUT2D eigenvalue weighted by Crippen LogP contribution is -2.58. The quantitative estimate of drug-likeness (QED) is 0.831. The maximum atomic E-state index is 13.1. The molecular weight excluding hydrogens is 233 g/mol. The van der Waals surface area contributed by atoms with Crippen LogP contribution in [0.3, 0.4) is 0 Å². The molecule has 1 aromatic rings. The number of rotatable bonds is 1. The van der Waals surface area contributed by atoms with Gasteiger partial charge in [-0.25, -0.2) is 4.39 Å². The molecule has 1 amide bonds. The SMILES string of the molecule is CC1(C)C(O)CCCN1C(=O)c1cccc(F)c1. The van der Waals surface area contributed by atoms with Crippen LogP contribution in [0.1, 0.15) is 37.0 Å². The number of likely N-dealkylation sites (tertiary alicyclic amines) is 1. The van der Waals surface area contributed by atoms with Crippen LogP contribution in [0, 0.1) is 5.82 Å². The number of nitrogens with zero attached hydrogens (tertiary/aromatic N) is 1. The fraction of sp³-hybridized carbons (Fsp3) is 0.500. The van der Waals surface area contributed by atoms with Gasteiger partial charge in [-0.1, -0.05) is 6.07 Å². The van der Waals surface area contributed by atoms with Crippen molar-refractivity contribution in [1.29, 1.82) is 0 Å². The second-order valence-electron chi connectivity index (χ2n) is 5.28. The van der Waals surface area contributed by atoms with Crippen molar-refractivity contribution in [2.24, 2.45) is 0 Å². The van der Waals surface area contributed by atoms with E-state index >= 15 is 0 Å². The first kappa shape index (κ1) is 13.0. The van der Waals surface area contributed by atoms with Gasteiger partial charge in [0.25, 0.3) is 5.91 Å². The molecule has 0 aromatic heterocycles. The van der Waals surface area contributed by atoms with E-state index in [0.717, 1.165) is 6.42 Å². The Hall–Kier alpha value is -1.42. The summed E-state index contributed by atoms with van der Waals surface area (Å²) in [5, 5.41) is 9.99. The van der Waals surface area contributed by atoms with Gasteiger partial charge in [0.2, 0.25) is 0 Å². The van der Waals surface area contributed by atoms with Crippen molar-refractivity contribution in [3.63, 3.8) is 0 Å². The van der Waals surface area contributed by atoms with E-state index in [9.17, 15) is 14.3 Å². The highest BCUT2D eigenvalue weighted by atomic mass is 19.1. The maximum Gasteiger partial charge on any atom is 0.254 e. The fourth-order valence-corrected chi connectivity index (χ4v) is 2.40. The summed E-state index contributed by atoms with van der Waals surface area (Å²) in [4.78, 5) is 14.0. The van der Waals surface area contributed by atoms with Crippen molar-refractivity contribution in [3.05, 3.63) is 35.6 Å². The molecule has 1 heterocycles. The molecule has 0 saturated carbocycles. The van der Waals surface area contributed by atoms with Crippen LogP contribution in [0.15, 0.2) is 24.3 Å². The smallest absolute Gasteiger partial charge is 0.254 e. The second kappa shape index (κ2) is 4.69. The summed E-state index contributed by atoms with van der Waals surface area (Å²) in [5.74, 6) is -0.644.